The van der Waals surface area contributed by atoms with Gasteiger partial charge in [-0.2, -0.15) is 5.10 Å². The molecule has 6 heteroatoms. The summed E-state index contributed by atoms with van der Waals surface area (Å²) in [6.07, 6.45) is 1.83. The summed E-state index contributed by atoms with van der Waals surface area (Å²) in [6.45, 7) is 0.359. The summed E-state index contributed by atoms with van der Waals surface area (Å²) in [5.41, 5.74) is 0.808. The fourth-order valence-electron chi connectivity index (χ4n) is 1.48. The highest BCUT2D eigenvalue weighted by molar-refractivity contribution is 6.30. The van der Waals surface area contributed by atoms with Crippen LogP contribution in [-0.2, 0) is 18.4 Å². The van der Waals surface area contributed by atoms with Crippen molar-refractivity contribution in [3.63, 3.8) is 0 Å². The largest absolute Gasteiger partial charge is 0.484 e. The minimum Gasteiger partial charge on any atom is -0.484 e. The van der Waals surface area contributed by atoms with Crippen LogP contribution in [0.4, 0.5) is 0 Å². The number of nitrogens with zero attached hydrogens (tertiary/aromatic N) is 2. The van der Waals surface area contributed by atoms with Crippen molar-refractivity contribution < 1.29 is 9.53 Å². The van der Waals surface area contributed by atoms with E-state index in [0.717, 1.165) is 5.69 Å². The highest BCUT2D eigenvalue weighted by atomic mass is 35.5. The van der Waals surface area contributed by atoms with E-state index in [9.17, 15) is 4.79 Å². The summed E-state index contributed by atoms with van der Waals surface area (Å²) in [7, 11) is 1.83. The smallest absolute Gasteiger partial charge is 0.258 e. The molecule has 5 nitrogen and oxygen atoms in total. The predicted molar refractivity (Wildman–Crippen MR) is 72.0 cm³/mol. The average molecular weight is 280 g/mol. The zero-order valence-electron chi connectivity index (χ0n) is 10.5. The fourth-order valence-corrected chi connectivity index (χ4v) is 1.60. The van der Waals surface area contributed by atoms with Gasteiger partial charge in [-0.25, -0.2) is 0 Å². The Morgan fingerprint density at radius 2 is 2.11 bits per heavy atom. The van der Waals surface area contributed by atoms with Gasteiger partial charge in [0.2, 0.25) is 0 Å². The molecular formula is C13H14ClN3O2. The number of carbonyl (C=O) groups excluding carboxylic acids is 1. The van der Waals surface area contributed by atoms with Crippen LogP contribution in [0.3, 0.4) is 0 Å². The van der Waals surface area contributed by atoms with Crippen LogP contribution in [0.5, 0.6) is 5.75 Å². The van der Waals surface area contributed by atoms with Crippen molar-refractivity contribution in [1.82, 2.24) is 15.1 Å². The summed E-state index contributed by atoms with van der Waals surface area (Å²) < 4.78 is 7.01. The third-order valence-corrected chi connectivity index (χ3v) is 2.67. The lowest BCUT2D eigenvalue weighted by Gasteiger charge is -2.06. The monoisotopic (exact) mass is 279 g/mol. The van der Waals surface area contributed by atoms with Crippen molar-refractivity contribution >= 4 is 17.5 Å². The molecule has 0 saturated heterocycles. The van der Waals surface area contributed by atoms with Crippen molar-refractivity contribution in [3.05, 3.63) is 47.2 Å². The van der Waals surface area contributed by atoms with Crippen LogP contribution in [0.1, 0.15) is 5.69 Å². The van der Waals surface area contributed by atoms with Crippen molar-refractivity contribution in [2.45, 2.75) is 6.54 Å². The maximum absolute atomic E-state index is 11.6. The van der Waals surface area contributed by atoms with Gasteiger partial charge < -0.3 is 10.1 Å². The van der Waals surface area contributed by atoms with Crippen LogP contribution in [-0.4, -0.2) is 22.3 Å². The Hall–Kier alpha value is -2.01. The van der Waals surface area contributed by atoms with Gasteiger partial charge in [0, 0.05) is 18.3 Å². The molecule has 0 bridgehead atoms. The van der Waals surface area contributed by atoms with Crippen LogP contribution in [0, 0.1) is 0 Å². The lowest BCUT2D eigenvalue weighted by molar-refractivity contribution is -0.123. The van der Waals surface area contributed by atoms with Crippen molar-refractivity contribution in [3.8, 4) is 5.75 Å². The first-order valence-corrected chi connectivity index (χ1v) is 6.15. The summed E-state index contributed by atoms with van der Waals surface area (Å²) in [4.78, 5) is 11.6. The minimum absolute atomic E-state index is 0.0333. The first kappa shape index (κ1) is 13.4. The fraction of sp³-hybridized carbons (Fsp3) is 0.231. The number of ether oxygens (including phenoxy) is 1. The first-order valence-electron chi connectivity index (χ1n) is 5.77. The number of aryl methyl sites for hydroxylation is 1. The number of nitrogens with one attached hydrogen (secondary N) is 1. The van der Waals surface area contributed by atoms with E-state index < -0.39 is 0 Å². The predicted octanol–water partition coefficient (Wildman–Crippen LogP) is 1.77. The maximum Gasteiger partial charge on any atom is 0.258 e. The number of rotatable bonds is 5. The Morgan fingerprint density at radius 3 is 2.74 bits per heavy atom. The van der Waals surface area contributed by atoms with Crippen LogP contribution in [0.2, 0.25) is 5.02 Å². The van der Waals surface area contributed by atoms with E-state index in [2.05, 4.69) is 10.4 Å². The second-order valence-corrected chi connectivity index (χ2v) is 4.44. The number of hydrogen-bond donors (Lipinski definition) is 1. The molecule has 19 heavy (non-hydrogen) atoms. The summed E-state index contributed by atoms with van der Waals surface area (Å²) >= 11 is 5.75. The van der Waals surface area contributed by atoms with E-state index in [0.29, 0.717) is 17.3 Å². The van der Waals surface area contributed by atoms with Crippen molar-refractivity contribution in [2.24, 2.45) is 7.05 Å². The van der Waals surface area contributed by atoms with Crippen molar-refractivity contribution in [2.75, 3.05) is 6.61 Å². The Labute approximate surface area is 116 Å². The van der Waals surface area contributed by atoms with Crippen LogP contribution < -0.4 is 10.1 Å². The van der Waals surface area contributed by atoms with E-state index in [1.54, 1.807) is 28.9 Å². The molecule has 0 saturated carbocycles. The van der Waals surface area contributed by atoms with E-state index in [1.165, 1.54) is 0 Å². The normalized spacial score (nSPS) is 10.2. The molecule has 0 unspecified atom stereocenters. The molecule has 0 aliphatic heterocycles. The third-order valence-electron chi connectivity index (χ3n) is 2.42. The van der Waals surface area contributed by atoms with Gasteiger partial charge in [0.15, 0.2) is 6.61 Å². The summed E-state index contributed by atoms with van der Waals surface area (Å²) in [5, 5.41) is 7.52. The molecule has 1 aromatic carbocycles. The first-order chi connectivity index (χ1) is 9.13. The Kier molecular flexibility index (Phi) is 4.41. The lowest BCUT2D eigenvalue weighted by atomic mass is 10.3. The third kappa shape index (κ3) is 4.30. The molecule has 100 valence electrons. The van der Waals surface area contributed by atoms with Gasteiger partial charge in [0.25, 0.3) is 5.91 Å². The molecule has 1 amide bonds. The molecule has 0 fully saturated rings. The number of halogens is 1. The van der Waals surface area contributed by atoms with Gasteiger partial charge in [0.05, 0.1) is 12.2 Å². The Morgan fingerprint density at radius 1 is 1.37 bits per heavy atom. The summed E-state index contributed by atoms with van der Waals surface area (Å²) in [6, 6.07) is 8.70. The number of aromatic nitrogens is 2. The van der Waals surface area contributed by atoms with Crippen LogP contribution >= 0.6 is 11.6 Å². The molecule has 0 aliphatic carbocycles. The number of benzene rings is 1. The van der Waals surface area contributed by atoms with Gasteiger partial charge in [-0.15, -0.1) is 0 Å². The highest BCUT2D eigenvalue weighted by Crippen LogP contribution is 2.15. The number of amides is 1. The average Bonchev–Trinajstić information content (AvgIpc) is 2.81. The molecule has 0 aliphatic rings. The molecule has 0 spiro atoms. The highest BCUT2D eigenvalue weighted by Gasteiger charge is 2.04. The van der Waals surface area contributed by atoms with Gasteiger partial charge in [-0.1, -0.05) is 11.6 Å². The quantitative estimate of drug-likeness (QED) is 0.907. The SMILES string of the molecule is Cn1ccc(CNC(=O)COc2ccc(Cl)cc2)n1. The molecule has 1 N–H and O–H groups in total. The van der Waals surface area contributed by atoms with Crippen LogP contribution in [0.25, 0.3) is 0 Å². The van der Waals surface area contributed by atoms with E-state index in [1.807, 2.05) is 19.3 Å². The van der Waals surface area contributed by atoms with E-state index in [-0.39, 0.29) is 12.5 Å². The minimum atomic E-state index is -0.194. The van der Waals surface area contributed by atoms with Gasteiger partial charge >= 0.3 is 0 Å². The topological polar surface area (TPSA) is 56.2 Å². The van der Waals surface area contributed by atoms with Gasteiger partial charge in [-0.05, 0) is 30.3 Å². The maximum atomic E-state index is 11.6. The molecule has 1 heterocycles. The molecule has 2 aromatic rings. The number of carbonyl (C=O) groups is 1. The number of hydrogen-bond acceptors (Lipinski definition) is 3. The molecule has 2 rings (SSSR count). The van der Waals surface area contributed by atoms with Gasteiger partial charge in [0.1, 0.15) is 5.75 Å². The summed E-state index contributed by atoms with van der Waals surface area (Å²) in [5.74, 6) is 0.415. The standard InChI is InChI=1S/C13H14ClN3O2/c1-17-7-6-11(16-17)8-15-13(18)9-19-12-4-2-10(14)3-5-12/h2-7H,8-9H2,1H3,(H,15,18). The van der Waals surface area contributed by atoms with Gasteiger partial charge in [-0.3, -0.25) is 9.48 Å². The zero-order chi connectivity index (χ0) is 13.7. The Bertz CT molecular complexity index is 551. The van der Waals surface area contributed by atoms with E-state index in [4.69, 9.17) is 16.3 Å². The van der Waals surface area contributed by atoms with Crippen LogP contribution in [0.15, 0.2) is 36.5 Å². The van der Waals surface area contributed by atoms with Crippen molar-refractivity contribution in [1.29, 1.82) is 0 Å². The zero-order valence-corrected chi connectivity index (χ0v) is 11.2. The molecule has 1 aromatic heterocycles. The lowest BCUT2D eigenvalue weighted by Crippen LogP contribution is -2.28. The Balaban J connectivity index is 1.74. The second-order valence-electron chi connectivity index (χ2n) is 4.00. The molecule has 0 atom stereocenters. The van der Waals surface area contributed by atoms with E-state index >= 15 is 0 Å². The molecular weight excluding hydrogens is 266 g/mol. The molecule has 0 radical (unpaired) electrons. The second kappa shape index (κ2) is 6.24.